The average Bonchev–Trinajstić information content (AvgIpc) is 3.35. The van der Waals surface area contributed by atoms with Gasteiger partial charge < -0.3 is 4.90 Å². The zero-order chi connectivity index (χ0) is 41.8. The molecule has 0 saturated carbocycles. The monoisotopic (exact) mass is 793 g/mol. The van der Waals surface area contributed by atoms with Gasteiger partial charge in [-0.2, -0.15) is 0 Å². The van der Waals surface area contributed by atoms with Gasteiger partial charge in [0.2, 0.25) is 0 Å². The van der Waals surface area contributed by atoms with Crippen LogP contribution in [-0.2, 0) is 0 Å². The third kappa shape index (κ3) is 7.49. The highest BCUT2D eigenvalue weighted by Gasteiger charge is 2.22. The quantitative estimate of drug-likeness (QED) is 0.0813. The molecule has 0 spiro atoms. The summed E-state index contributed by atoms with van der Waals surface area (Å²) >= 11 is 0. The number of nitrogens with zero attached hydrogens (tertiary/aromatic N) is 3. The Morgan fingerprint density at radius 1 is 0.371 bits per heavy atom. The number of amidine groups is 1. The van der Waals surface area contributed by atoms with E-state index < -0.39 is 0 Å². The second kappa shape index (κ2) is 16.8. The van der Waals surface area contributed by atoms with Gasteiger partial charge in [-0.1, -0.05) is 201 Å². The molecule has 10 aromatic carbocycles. The summed E-state index contributed by atoms with van der Waals surface area (Å²) in [6.07, 6.45) is 0. The van der Waals surface area contributed by atoms with Gasteiger partial charge in [-0.15, -0.1) is 0 Å². The van der Waals surface area contributed by atoms with Crippen molar-refractivity contribution < 1.29 is 0 Å². The summed E-state index contributed by atoms with van der Waals surface area (Å²) in [7, 11) is 0. The molecule has 0 unspecified atom stereocenters. The molecule has 0 radical (unpaired) electrons. The highest BCUT2D eigenvalue weighted by atomic mass is 15.1. The van der Waals surface area contributed by atoms with Crippen molar-refractivity contribution >= 4 is 66.6 Å². The van der Waals surface area contributed by atoms with Gasteiger partial charge in [-0.3, -0.25) is 0 Å². The van der Waals surface area contributed by atoms with E-state index in [4.69, 9.17) is 9.98 Å². The topological polar surface area (TPSA) is 28.0 Å². The minimum absolute atomic E-state index is 0.604. The van der Waals surface area contributed by atoms with E-state index in [9.17, 15) is 0 Å². The fraction of sp³-hybridized carbons (Fsp3) is 0.0169. The van der Waals surface area contributed by atoms with Crippen molar-refractivity contribution in [3.63, 3.8) is 0 Å². The SMILES string of the molecule is C=C(N=C(N=C(C)c1ccccc1)c1ccccc1)c1cc(N(c2ccc(-c3ccccc3)cc2)c2ccc(-c3ccccc3)cc2)c2c3ccccc3c3ccccc3c2c1. The summed E-state index contributed by atoms with van der Waals surface area (Å²) in [4.78, 5) is 12.8. The first kappa shape index (κ1) is 38.1. The Kier molecular flexibility index (Phi) is 10.3. The van der Waals surface area contributed by atoms with Gasteiger partial charge in [-0.25, -0.2) is 9.98 Å². The summed E-state index contributed by atoms with van der Waals surface area (Å²) in [6, 6.07) is 81.4. The molecule has 0 aliphatic rings. The molecule has 10 rings (SSSR count). The smallest absolute Gasteiger partial charge is 0.160 e. The van der Waals surface area contributed by atoms with Gasteiger partial charge in [0.25, 0.3) is 0 Å². The lowest BCUT2D eigenvalue weighted by molar-refractivity contribution is 1.29. The van der Waals surface area contributed by atoms with Crippen molar-refractivity contribution in [1.29, 1.82) is 0 Å². The normalized spacial score (nSPS) is 11.9. The van der Waals surface area contributed by atoms with Crippen LogP contribution >= 0.6 is 0 Å². The minimum Gasteiger partial charge on any atom is -0.310 e. The lowest BCUT2D eigenvalue weighted by Crippen LogP contribution is -2.11. The highest BCUT2D eigenvalue weighted by Crippen LogP contribution is 2.46. The van der Waals surface area contributed by atoms with Crippen molar-refractivity contribution in [3.8, 4) is 22.3 Å². The maximum Gasteiger partial charge on any atom is 0.160 e. The van der Waals surface area contributed by atoms with E-state index >= 15 is 0 Å². The fourth-order valence-electron chi connectivity index (χ4n) is 8.48. The van der Waals surface area contributed by atoms with Crippen LogP contribution < -0.4 is 4.90 Å². The molecule has 0 fully saturated rings. The molecule has 10 aromatic rings. The Bertz CT molecular complexity index is 3180. The van der Waals surface area contributed by atoms with Crippen LogP contribution in [-0.4, -0.2) is 11.5 Å². The van der Waals surface area contributed by atoms with Crippen LogP contribution in [0.2, 0.25) is 0 Å². The van der Waals surface area contributed by atoms with E-state index in [1.165, 1.54) is 32.7 Å². The standard InChI is InChI=1S/C59H43N3/c1-41(43-19-7-3-8-20-43)60-59(48-25-13-6-14-26-48)61-42(2)49-39-56-54-29-16-15-27-52(54)53-28-17-18-30-55(53)58(56)57(40-49)62(50-35-31-46(32-36-50)44-21-9-4-10-22-44)51-37-33-47(34-38-51)45-23-11-5-12-24-45/h3-40H,2H2,1H3. The second-order valence-corrected chi connectivity index (χ2v) is 15.5. The van der Waals surface area contributed by atoms with Gasteiger partial charge >= 0.3 is 0 Å². The molecule has 0 N–H and O–H groups in total. The molecule has 0 aromatic heterocycles. The van der Waals surface area contributed by atoms with Crippen LogP contribution in [0.1, 0.15) is 23.6 Å². The van der Waals surface area contributed by atoms with Crippen LogP contribution in [0.15, 0.2) is 247 Å². The fourth-order valence-corrected chi connectivity index (χ4v) is 8.48. The summed E-state index contributed by atoms with van der Waals surface area (Å²) < 4.78 is 0. The third-order valence-corrected chi connectivity index (χ3v) is 11.6. The molecule has 62 heavy (non-hydrogen) atoms. The lowest BCUT2D eigenvalue weighted by atomic mass is 9.91. The van der Waals surface area contributed by atoms with Gasteiger partial charge in [0.1, 0.15) is 0 Å². The Hall–Kier alpha value is -8.14. The van der Waals surface area contributed by atoms with Crippen molar-refractivity contribution in [2.45, 2.75) is 6.92 Å². The van der Waals surface area contributed by atoms with Crippen molar-refractivity contribution in [1.82, 2.24) is 0 Å². The highest BCUT2D eigenvalue weighted by molar-refractivity contribution is 6.29. The predicted octanol–water partition coefficient (Wildman–Crippen LogP) is 15.9. The Balaban J connectivity index is 1.23. The van der Waals surface area contributed by atoms with Crippen molar-refractivity contribution in [2.75, 3.05) is 4.90 Å². The molecule has 0 bridgehead atoms. The lowest BCUT2D eigenvalue weighted by Gasteiger charge is -2.29. The maximum absolute atomic E-state index is 5.28. The molecular formula is C59H43N3. The van der Waals surface area contributed by atoms with E-state index in [0.717, 1.165) is 61.4 Å². The van der Waals surface area contributed by atoms with Crippen LogP contribution in [0.4, 0.5) is 17.1 Å². The number of hydrogen-bond acceptors (Lipinski definition) is 2. The molecule has 3 heteroatoms. The number of anilines is 3. The second-order valence-electron chi connectivity index (χ2n) is 15.5. The zero-order valence-electron chi connectivity index (χ0n) is 34.5. The molecule has 0 aliphatic heterocycles. The summed E-state index contributed by atoms with van der Waals surface area (Å²) in [6.45, 7) is 6.71. The molecule has 0 heterocycles. The van der Waals surface area contributed by atoms with Crippen LogP contribution in [0.25, 0.3) is 60.3 Å². The van der Waals surface area contributed by atoms with E-state index in [1.807, 2.05) is 43.3 Å². The molecule has 0 saturated heterocycles. The van der Waals surface area contributed by atoms with Crippen molar-refractivity contribution in [3.05, 3.63) is 254 Å². The molecule has 0 amide bonds. The number of hydrogen-bond donors (Lipinski definition) is 0. The summed E-state index contributed by atoms with van der Waals surface area (Å²) in [5, 5.41) is 7.03. The largest absolute Gasteiger partial charge is 0.310 e. The van der Waals surface area contributed by atoms with E-state index in [2.05, 4.69) is 206 Å². The molecular weight excluding hydrogens is 751 g/mol. The number of rotatable bonds is 9. The first-order chi connectivity index (χ1) is 30.6. The first-order valence-electron chi connectivity index (χ1n) is 21.0. The third-order valence-electron chi connectivity index (χ3n) is 11.6. The van der Waals surface area contributed by atoms with E-state index in [1.54, 1.807) is 0 Å². The summed E-state index contributed by atoms with van der Waals surface area (Å²) in [5.41, 5.74) is 12.1. The predicted molar refractivity (Wildman–Crippen MR) is 265 cm³/mol. The van der Waals surface area contributed by atoms with E-state index in [-0.39, 0.29) is 0 Å². The number of aliphatic imine (C=N–C) groups is 2. The van der Waals surface area contributed by atoms with E-state index in [0.29, 0.717) is 11.5 Å². The average molecular weight is 794 g/mol. The van der Waals surface area contributed by atoms with Crippen LogP contribution in [0, 0.1) is 0 Å². The molecule has 0 atom stereocenters. The molecule has 3 nitrogen and oxygen atoms in total. The van der Waals surface area contributed by atoms with Gasteiger partial charge in [0.05, 0.1) is 11.4 Å². The van der Waals surface area contributed by atoms with Crippen molar-refractivity contribution in [2.24, 2.45) is 9.98 Å². The molecule has 0 aliphatic carbocycles. The number of benzene rings is 10. The van der Waals surface area contributed by atoms with Crippen LogP contribution in [0.5, 0.6) is 0 Å². The Morgan fingerprint density at radius 3 is 1.29 bits per heavy atom. The first-order valence-corrected chi connectivity index (χ1v) is 21.0. The van der Waals surface area contributed by atoms with Gasteiger partial charge in [0.15, 0.2) is 5.84 Å². The Morgan fingerprint density at radius 2 is 0.774 bits per heavy atom. The molecule has 294 valence electrons. The van der Waals surface area contributed by atoms with Gasteiger partial charge in [0, 0.05) is 33.6 Å². The zero-order valence-corrected chi connectivity index (χ0v) is 34.5. The Labute approximate surface area is 363 Å². The number of fused-ring (bicyclic) bond motifs is 6. The summed E-state index contributed by atoms with van der Waals surface area (Å²) in [5.74, 6) is 0.604. The minimum atomic E-state index is 0.604. The van der Waals surface area contributed by atoms with Gasteiger partial charge in [-0.05, 0) is 98.1 Å². The van der Waals surface area contributed by atoms with Crippen LogP contribution in [0.3, 0.4) is 0 Å². The maximum atomic E-state index is 5.28.